The highest BCUT2D eigenvalue weighted by atomic mass is 16.5. The number of benzene rings is 2. The van der Waals surface area contributed by atoms with Crippen molar-refractivity contribution < 1.29 is 24.2 Å². The molecule has 2 saturated carbocycles. The van der Waals surface area contributed by atoms with E-state index in [1.807, 2.05) is 24.3 Å². The highest BCUT2D eigenvalue weighted by Gasteiger charge is 2.45. The molecule has 3 aliphatic rings. The van der Waals surface area contributed by atoms with Crippen LogP contribution in [0.3, 0.4) is 0 Å². The molecule has 2 aromatic rings. The van der Waals surface area contributed by atoms with Gasteiger partial charge >= 0.3 is 12.1 Å². The van der Waals surface area contributed by atoms with Gasteiger partial charge in [-0.15, -0.1) is 0 Å². The topological polar surface area (TPSA) is 105 Å². The summed E-state index contributed by atoms with van der Waals surface area (Å²) in [6.07, 6.45) is 4.57. The number of nitrogens with one attached hydrogen (secondary N) is 2. The quantitative estimate of drug-likeness (QED) is 0.500. The molecule has 5 rings (SSSR count). The fraction of sp³-hybridized carbons (Fsp3) is 0.464. The molecule has 1 atom stereocenters. The largest absolute Gasteiger partial charge is 0.481 e. The van der Waals surface area contributed by atoms with Crippen LogP contribution in [0.5, 0.6) is 0 Å². The Morgan fingerprint density at radius 3 is 2.09 bits per heavy atom. The molecule has 0 radical (unpaired) electrons. The second-order valence-corrected chi connectivity index (χ2v) is 10.2. The predicted octanol–water partition coefficient (Wildman–Crippen LogP) is 4.31. The lowest BCUT2D eigenvalue weighted by Gasteiger charge is -2.40. The summed E-state index contributed by atoms with van der Waals surface area (Å²) in [4.78, 5) is 37.1. The van der Waals surface area contributed by atoms with Crippen molar-refractivity contribution in [1.82, 2.24) is 10.6 Å². The van der Waals surface area contributed by atoms with Gasteiger partial charge in [0.25, 0.3) is 0 Å². The third kappa shape index (κ3) is 4.51. The molecule has 184 valence electrons. The van der Waals surface area contributed by atoms with Crippen LogP contribution >= 0.6 is 0 Å². The highest BCUT2D eigenvalue weighted by Crippen LogP contribution is 2.44. The fourth-order valence-corrected chi connectivity index (χ4v) is 5.67. The van der Waals surface area contributed by atoms with E-state index in [1.165, 1.54) is 11.1 Å². The zero-order valence-corrected chi connectivity index (χ0v) is 19.8. The van der Waals surface area contributed by atoms with Gasteiger partial charge in [-0.25, -0.2) is 4.79 Å². The van der Waals surface area contributed by atoms with E-state index in [1.54, 1.807) is 0 Å². The summed E-state index contributed by atoms with van der Waals surface area (Å²) in [6, 6.07) is 16.3. The molecule has 1 unspecified atom stereocenters. The van der Waals surface area contributed by atoms with Gasteiger partial charge in [-0.3, -0.25) is 9.59 Å². The Hall–Kier alpha value is -3.35. The first-order valence-electron chi connectivity index (χ1n) is 12.6. The van der Waals surface area contributed by atoms with Crippen LogP contribution in [0.1, 0.15) is 55.6 Å². The molecule has 2 fully saturated rings. The minimum Gasteiger partial charge on any atom is -0.481 e. The molecule has 7 heteroatoms. The highest BCUT2D eigenvalue weighted by molar-refractivity contribution is 5.85. The molecule has 0 aromatic heterocycles. The molecule has 35 heavy (non-hydrogen) atoms. The van der Waals surface area contributed by atoms with Gasteiger partial charge in [0.2, 0.25) is 5.91 Å². The summed E-state index contributed by atoms with van der Waals surface area (Å²) in [6.45, 7) is 0.558. The first-order valence-corrected chi connectivity index (χ1v) is 12.6. The normalized spacial score (nSPS) is 18.9. The number of hydrogen-bond donors (Lipinski definition) is 3. The van der Waals surface area contributed by atoms with Gasteiger partial charge in [0, 0.05) is 19.0 Å². The van der Waals surface area contributed by atoms with E-state index in [0.29, 0.717) is 12.8 Å². The SMILES string of the molecule is O=C(NCC1(C(=O)NCC(C(=O)O)C2CCC2)CCC1)OCC1c2ccccc2-c2ccccc21. The van der Waals surface area contributed by atoms with Crippen molar-refractivity contribution in [3.05, 3.63) is 59.7 Å². The lowest BCUT2D eigenvalue weighted by Crippen LogP contribution is -2.54. The van der Waals surface area contributed by atoms with Crippen molar-refractivity contribution in [1.29, 1.82) is 0 Å². The van der Waals surface area contributed by atoms with E-state index in [2.05, 4.69) is 34.9 Å². The predicted molar refractivity (Wildman–Crippen MR) is 131 cm³/mol. The molecule has 0 aliphatic heterocycles. The van der Waals surface area contributed by atoms with Crippen molar-refractivity contribution in [3.63, 3.8) is 0 Å². The number of carboxylic acids is 1. The number of alkyl carbamates (subject to hydrolysis) is 1. The number of ether oxygens (including phenoxy) is 1. The first kappa shape index (κ1) is 23.4. The van der Waals surface area contributed by atoms with E-state index in [9.17, 15) is 19.5 Å². The van der Waals surface area contributed by atoms with Crippen LogP contribution in [0.25, 0.3) is 11.1 Å². The summed E-state index contributed by atoms with van der Waals surface area (Å²) in [5, 5.41) is 15.2. The molecule has 2 aromatic carbocycles. The van der Waals surface area contributed by atoms with Crippen LogP contribution in [-0.2, 0) is 14.3 Å². The maximum atomic E-state index is 13.0. The number of rotatable bonds is 9. The maximum Gasteiger partial charge on any atom is 0.407 e. The van der Waals surface area contributed by atoms with Gasteiger partial charge < -0.3 is 20.5 Å². The standard InChI is InChI=1S/C28H32N2O5/c31-25(32)23(18-7-5-8-18)15-29-26(33)28(13-6-14-28)17-30-27(34)35-16-24-21-11-3-1-9-19(21)20-10-2-4-12-22(20)24/h1-4,9-12,18,23-24H,5-8,13-17H2,(H,29,33)(H,30,34)(H,31,32). The summed E-state index contributed by atoms with van der Waals surface area (Å²) in [5.74, 6) is -1.44. The van der Waals surface area contributed by atoms with Gasteiger partial charge in [-0.05, 0) is 53.9 Å². The second-order valence-electron chi connectivity index (χ2n) is 10.2. The number of aliphatic carboxylic acids is 1. The Balaban J connectivity index is 1.15. The summed E-state index contributed by atoms with van der Waals surface area (Å²) >= 11 is 0. The summed E-state index contributed by atoms with van der Waals surface area (Å²) in [7, 11) is 0. The van der Waals surface area contributed by atoms with Gasteiger partial charge in [0.1, 0.15) is 6.61 Å². The van der Waals surface area contributed by atoms with Gasteiger partial charge in [-0.1, -0.05) is 61.4 Å². The van der Waals surface area contributed by atoms with Crippen molar-refractivity contribution >= 4 is 18.0 Å². The molecule has 3 aliphatic carbocycles. The Kier molecular flexibility index (Phi) is 6.50. The van der Waals surface area contributed by atoms with Gasteiger partial charge in [-0.2, -0.15) is 0 Å². The van der Waals surface area contributed by atoms with Crippen LogP contribution in [0.15, 0.2) is 48.5 Å². The fourth-order valence-electron chi connectivity index (χ4n) is 5.67. The van der Waals surface area contributed by atoms with Crippen LogP contribution in [-0.4, -0.2) is 42.8 Å². The molecule has 2 amide bonds. The molecule has 0 spiro atoms. The molecular weight excluding hydrogens is 444 g/mol. The Morgan fingerprint density at radius 1 is 0.943 bits per heavy atom. The van der Waals surface area contributed by atoms with Gasteiger partial charge in [0.05, 0.1) is 11.3 Å². The summed E-state index contributed by atoms with van der Waals surface area (Å²) < 4.78 is 5.61. The van der Waals surface area contributed by atoms with Crippen LogP contribution < -0.4 is 10.6 Å². The lowest BCUT2D eigenvalue weighted by molar-refractivity contribution is -0.145. The Morgan fingerprint density at radius 2 is 1.57 bits per heavy atom. The first-order chi connectivity index (χ1) is 17.0. The zero-order chi connectivity index (χ0) is 24.4. The Bertz CT molecular complexity index is 1080. The second kappa shape index (κ2) is 9.72. The number of amides is 2. The van der Waals surface area contributed by atoms with E-state index in [4.69, 9.17) is 4.74 Å². The number of carboxylic acid groups (broad SMARTS) is 1. The van der Waals surface area contributed by atoms with Gasteiger partial charge in [0.15, 0.2) is 0 Å². The van der Waals surface area contributed by atoms with Crippen LogP contribution in [0.2, 0.25) is 0 Å². The molecule has 0 saturated heterocycles. The number of carbonyl (C=O) groups excluding carboxylic acids is 2. The molecule has 0 heterocycles. The smallest absolute Gasteiger partial charge is 0.407 e. The maximum absolute atomic E-state index is 13.0. The molecule has 3 N–H and O–H groups in total. The van der Waals surface area contributed by atoms with E-state index < -0.39 is 23.4 Å². The zero-order valence-electron chi connectivity index (χ0n) is 19.8. The third-order valence-corrected chi connectivity index (χ3v) is 8.23. The number of hydrogen-bond acceptors (Lipinski definition) is 4. The average molecular weight is 477 g/mol. The van der Waals surface area contributed by atoms with Crippen molar-refractivity contribution in [2.24, 2.45) is 17.3 Å². The van der Waals surface area contributed by atoms with E-state index >= 15 is 0 Å². The molecule has 7 nitrogen and oxygen atoms in total. The minimum absolute atomic E-state index is 0.0198. The van der Waals surface area contributed by atoms with E-state index in [0.717, 1.165) is 36.8 Å². The van der Waals surface area contributed by atoms with Crippen molar-refractivity contribution in [2.45, 2.75) is 44.4 Å². The monoisotopic (exact) mass is 476 g/mol. The van der Waals surface area contributed by atoms with E-state index in [-0.39, 0.29) is 37.4 Å². The molecule has 0 bridgehead atoms. The minimum atomic E-state index is -0.852. The Labute approximate surface area is 205 Å². The number of fused-ring (bicyclic) bond motifs is 3. The summed E-state index contributed by atoms with van der Waals surface area (Å²) in [5.41, 5.74) is 3.95. The van der Waals surface area contributed by atoms with Crippen LogP contribution in [0, 0.1) is 17.3 Å². The van der Waals surface area contributed by atoms with Crippen molar-refractivity contribution in [2.75, 3.05) is 19.7 Å². The molecular formula is C28H32N2O5. The number of carbonyl (C=O) groups is 3. The van der Waals surface area contributed by atoms with Crippen molar-refractivity contribution in [3.8, 4) is 11.1 Å². The average Bonchev–Trinajstić information content (AvgIpc) is 3.12. The third-order valence-electron chi connectivity index (χ3n) is 8.23. The van der Waals surface area contributed by atoms with Crippen LogP contribution in [0.4, 0.5) is 4.79 Å². The lowest BCUT2D eigenvalue weighted by atomic mass is 9.67.